The highest BCUT2D eigenvalue weighted by molar-refractivity contribution is 7.92. The lowest BCUT2D eigenvalue weighted by molar-refractivity contribution is -0.111. The van der Waals surface area contributed by atoms with E-state index in [2.05, 4.69) is 20.2 Å². The molecule has 2 aromatic carbocycles. The summed E-state index contributed by atoms with van der Waals surface area (Å²) in [5.74, 6) is -1.01. The van der Waals surface area contributed by atoms with E-state index in [0.717, 1.165) is 0 Å². The van der Waals surface area contributed by atoms with E-state index in [4.69, 9.17) is 11.6 Å². The molecule has 154 valence electrons. The van der Waals surface area contributed by atoms with Crippen LogP contribution in [0.4, 0.5) is 11.5 Å². The molecule has 0 fully saturated rings. The van der Waals surface area contributed by atoms with Crippen molar-refractivity contribution < 1.29 is 23.4 Å². The van der Waals surface area contributed by atoms with Crippen molar-refractivity contribution in [3.8, 4) is 11.5 Å². The smallest absolute Gasteiger partial charge is 0.263 e. The molecule has 0 bridgehead atoms. The lowest BCUT2D eigenvalue weighted by atomic mass is 10.2. The lowest BCUT2D eigenvalue weighted by Crippen LogP contribution is -2.14. The molecule has 3 aromatic rings. The first kappa shape index (κ1) is 21.1. The molecule has 11 heteroatoms. The van der Waals surface area contributed by atoms with Crippen LogP contribution in [0.25, 0.3) is 6.08 Å². The Morgan fingerprint density at radius 3 is 2.33 bits per heavy atom. The summed E-state index contributed by atoms with van der Waals surface area (Å²) < 4.78 is 27.0. The van der Waals surface area contributed by atoms with Crippen LogP contribution >= 0.6 is 11.6 Å². The fourth-order valence-corrected chi connectivity index (χ4v) is 3.38. The molecule has 0 aliphatic rings. The Hall–Kier alpha value is -3.63. The molecule has 0 unspecified atom stereocenters. The average molecular weight is 447 g/mol. The summed E-state index contributed by atoms with van der Waals surface area (Å²) in [6.45, 7) is 0. The normalized spacial score (nSPS) is 11.4. The van der Waals surface area contributed by atoms with E-state index in [-0.39, 0.29) is 27.4 Å². The first-order valence-electron chi connectivity index (χ1n) is 8.36. The molecule has 4 N–H and O–H groups in total. The number of nitrogens with zero attached hydrogens (tertiary/aromatic N) is 2. The SMILES string of the molecule is O=C(/C=C/c1ccc(O)c(O)c1)Nc1ccc(S(=O)(=O)Nc2ccc(Cl)nn2)cc1. The number of phenols is 2. The number of nitrogens with one attached hydrogen (secondary N) is 2. The number of carbonyl (C=O) groups excluding carboxylic acids is 1. The van der Waals surface area contributed by atoms with Gasteiger partial charge >= 0.3 is 0 Å². The van der Waals surface area contributed by atoms with E-state index in [9.17, 15) is 23.4 Å². The molecule has 30 heavy (non-hydrogen) atoms. The van der Waals surface area contributed by atoms with Gasteiger partial charge in [-0.15, -0.1) is 10.2 Å². The van der Waals surface area contributed by atoms with Crippen molar-refractivity contribution in [3.63, 3.8) is 0 Å². The predicted octanol–water partition coefficient (Wildman–Crippen LogP) is 2.99. The Balaban J connectivity index is 1.64. The molecule has 0 saturated carbocycles. The van der Waals surface area contributed by atoms with E-state index in [1.54, 1.807) is 0 Å². The van der Waals surface area contributed by atoms with Crippen LogP contribution in [0.1, 0.15) is 5.56 Å². The van der Waals surface area contributed by atoms with Gasteiger partial charge in [-0.2, -0.15) is 0 Å². The Kier molecular flexibility index (Phi) is 6.19. The maximum absolute atomic E-state index is 12.4. The summed E-state index contributed by atoms with van der Waals surface area (Å²) in [5.41, 5.74) is 0.890. The van der Waals surface area contributed by atoms with Gasteiger partial charge in [-0.25, -0.2) is 8.42 Å². The summed E-state index contributed by atoms with van der Waals surface area (Å²) in [4.78, 5) is 12.0. The second-order valence-electron chi connectivity index (χ2n) is 5.94. The highest BCUT2D eigenvalue weighted by atomic mass is 35.5. The van der Waals surface area contributed by atoms with Crippen LogP contribution in [-0.2, 0) is 14.8 Å². The summed E-state index contributed by atoms with van der Waals surface area (Å²) in [5, 5.41) is 28.6. The Morgan fingerprint density at radius 2 is 1.70 bits per heavy atom. The van der Waals surface area contributed by atoms with Crippen molar-refractivity contribution >= 4 is 45.1 Å². The second-order valence-corrected chi connectivity index (χ2v) is 8.01. The summed E-state index contributed by atoms with van der Waals surface area (Å²) in [6.07, 6.45) is 2.68. The molecule has 0 spiro atoms. The van der Waals surface area contributed by atoms with E-state index in [1.165, 1.54) is 66.7 Å². The molecule has 1 aromatic heterocycles. The van der Waals surface area contributed by atoms with Crippen molar-refractivity contribution in [1.29, 1.82) is 0 Å². The Labute approximate surface area is 176 Å². The van der Waals surface area contributed by atoms with Crippen molar-refractivity contribution in [1.82, 2.24) is 10.2 Å². The molecule has 9 nitrogen and oxygen atoms in total. The molecule has 3 rings (SSSR count). The van der Waals surface area contributed by atoms with Crippen LogP contribution in [0, 0.1) is 0 Å². The molecule has 1 amide bonds. The van der Waals surface area contributed by atoms with Crippen molar-refractivity contribution in [2.24, 2.45) is 0 Å². The van der Waals surface area contributed by atoms with E-state index in [1.807, 2.05) is 0 Å². The lowest BCUT2D eigenvalue weighted by Gasteiger charge is -2.08. The van der Waals surface area contributed by atoms with Crippen LogP contribution < -0.4 is 10.0 Å². The minimum atomic E-state index is -3.89. The van der Waals surface area contributed by atoms with E-state index in [0.29, 0.717) is 11.3 Å². The van der Waals surface area contributed by atoms with Gasteiger partial charge in [0.05, 0.1) is 4.90 Å². The van der Waals surface area contributed by atoms with Gasteiger partial charge in [0.25, 0.3) is 10.0 Å². The largest absolute Gasteiger partial charge is 0.504 e. The number of benzene rings is 2. The molecule has 0 aliphatic carbocycles. The van der Waals surface area contributed by atoms with Gasteiger partial charge in [-0.3, -0.25) is 9.52 Å². The Bertz CT molecular complexity index is 1200. The minimum Gasteiger partial charge on any atom is -0.504 e. The molecular formula is C19H15ClN4O5S. The number of hydrogen-bond donors (Lipinski definition) is 4. The highest BCUT2D eigenvalue weighted by Crippen LogP contribution is 2.25. The Morgan fingerprint density at radius 1 is 0.967 bits per heavy atom. The van der Waals surface area contributed by atoms with Crippen molar-refractivity contribution in [2.45, 2.75) is 4.90 Å². The van der Waals surface area contributed by atoms with Gasteiger partial charge in [0, 0.05) is 11.8 Å². The van der Waals surface area contributed by atoms with Gasteiger partial charge in [-0.05, 0) is 60.2 Å². The van der Waals surface area contributed by atoms with Crippen molar-refractivity contribution in [2.75, 3.05) is 10.0 Å². The van der Waals surface area contributed by atoms with Crippen LogP contribution in [0.5, 0.6) is 11.5 Å². The first-order valence-corrected chi connectivity index (χ1v) is 10.2. The summed E-state index contributed by atoms with van der Waals surface area (Å²) in [6, 6.07) is 12.4. The third-order valence-corrected chi connectivity index (χ3v) is 5.30. The summed E-state index contributed by atoms with van der Waals surface area (Å²) in [7, 11) is -3.89. The number of hydrogen-bond acceptors (Lipinski definition) is 7. The summed E-state index contributed by atoms with van der Waals surface area (Å²) >= 11 is 5.62. The minimum absolute atomic E-state index is 0.0159. The van der Waals surface area contributed by atoms with E-state index < -0.39 is 15.9 Å². The van der Waals surface area contributed by atoms with Gasteiger partial charge in [0.15, 0.2) is 22.5 Å². The molecule has 1 heterocycles. The van der Waals surface area contributed by atoms with Crippen LogP contribution in [0.2, 0.25) is 5.15 Å². The number of aromatic nitrogens is 2. The number of phenolic OH excluding ortho intramolecular Hbond substituents is 2. The zero-order valence-electron chi connectivity index (χ0n) is 15.2. The zero-order chi connectivity index (χ0) is 21.7. The molecular weight excluding hydrogens is 432 g/mol. The maximum atomic E-state index is 12.4. The van der Waals surface area contributed by atoms with Gasteiger partial charge in [-0.1, -0.05) is 17.7 Å². The number of anilines is 2. The topological polar surface area (TPSA) is 142 Å². The third-order valence-electron chi connectivity index (χ3n) is 3.73. The third kappa shape index (κ3) is 5.46. The van der Waals surface area contributed by atoms with Crippen LogP contribution in [-0.4, -0.2) is 34.7 Å². The standard InChI is InChI=1S/C19H15ClN4O5S/c20-17-8-9-18(23-22-17)24-30(28,29)14-5-3-13(4-6-14)21-19(27)10-2-12-1-7-15(25)16(26)11-12/h1-11,25-26H,(H,21,27)(H,23,24)/b10-2+. The molecule has 0 saturated heterocycles. The second kappa shape index (κ2) is 8.80. The predicted molar refractivity (Wildman–Crippen MR) is 112 cm³/mol. The molecule has 0 atom stereocenters. The first-order chi connectivity index (χ1) is 14.2. The monoisotopic (exact) mass is 446 g/mol. The highest BCUT2D eigenvalue weighted by Gasteiger charge is 2.15. The molecule has 0 radical (unpaired) electrons. The number of rotatable bonds is 6. The fraction of sp³-hybridized carbons (Fsp3) is 0. The quantitative estimate of drug-likeness (QED) is 0.337. The van der Waals surface area contributed by atoms with Crippen LogP contribution in [0.15, 0.2) is 65.6 Å². The molecule has 0 aliphatic heterocycles. The van der Waals surface area contributed by atoms with Gasteiger partial charge < -0.3 is 15.5 Å². The van der Waals surface area contributed by atoms with E-state index >= 15 is 0 Å². The number of sulfonamides is 1. The van der Waals surface area contributed by atoms with Crippen LogP contribution in [0.3, 0.4) is 0 Å². The fourth-order valence-electron chi connectivity index (χ4n) is 2.28. The number of halogens is 1. The van der Waals surface area contributed by atoms with Gasteiger partial charge in [0.2, 0.25) is 5.91 Å². The maximum Gasteiger partial charge on any atom is 0.263 e. The number of aromatic hydroxyl groups is 2. The average Bonchev–Trinajstić information content (AvgIpc) is 2.71. The van der Waals surface area contributed by atoms with Crippen molar-refractivity contribution in [3.05, 3.63) is 71.4 Å². The number of carbonyl (C=O) groups is 1. The number of amides is 1. The zero-order valence-corrected chi connectivity index (χ0v) is 16.7. The van der Waals surface area contributed by atoms with Gasteiger partial charge in [0.1, 0.15) is 0 Å².